The fourth-order valence-electron chi connectivity index (χ4n) is 1.21. The fraction of sp³-hybridized carbons (Fsp3) is 0.857. The van der Waals surface area contributed by atoms with E-state index in [0.29, 0.717) is 13.2 Å². The molecule has 0 aromatic rings. The van der Waals surface area contributed by atoms with Crippen molar-refractivity contribution in [2.45, 2.75) is 52.1 Å². The third-order valence-electron chi connectivity index (χ3n) is 2.50. The number of rotatable bonds is 13. The molecule has 0 aliphatic carbocycles. The van der Waals surface area contributed by atoms with Gasteiger partial charge in [0.2, 0.25) is 0 Å². The zero-order valence-corrected chi connectivity index (χ0v) is 12.8. The van der Waals surface area contributed by atoms with Gasteiger partial charge in [0.25, 0.3) is 0 Å². The second kappa shape index (κ2) is 13.8. The zero-order chi connectivity index (χ0) is 15.9. The fourth-order valence-corrected chi connectivity index (χ4v) is 1.21. The number of aliphatic hydroxyl groups is 1. The molecule has 1 N–H and O–H groups in total. The third-order valence-corrected chi connectivity index (χ3v) is 2.50. The number of aliphatic hydroxyl groups excluding tert-OH is 1. The van der Waals surface area contributed by atoms with Gasteiger partial charge in [-0.05, 0) is 12.8 Å². The molecule has 1 unspecified atom stereocenters. The lowest BCUT2D eigenvalue weighted by Gasteiger charge is -2.11. The summed E-state index contributed by atoms with van der Waals surface area (Å²) < 4.78 is 19.4. The minimum Gasteiger partial charge on any atom is -0.438 e. The lowest BCUT2D eigenvalue weighted by molar-refractivity contribution is -0.172. The highest BCUT2D eigenvalue weighted by molar-refractivity contribution is 5.81. The quantitative estimate of drug-likeness (QED) is 0.312. The Morgan fingerprint density at radius 1 is 0.952 bits per heavy atom. The van der Waals surface area contributed by atoms with E-state index in [2.05, 4.69) is 4.74 Å². The van der Waals surface area contributed by atoms with Gasteiger partial charge in [0, 0.05) is 0 Å². The van der Waals surface area contributed by atoms with Crippen molar-refractivity contribution in [1.82, 2.24) is 0 Å². The third kappa shape index (κ3) is 12.3. The van der Waals surface area contributed by atoms with Crippen molar-refractivity contribution in [3.8, 4) is 0 Å². The van der Waals surface area contributed by atoms with Crippen LogP contribution in [-0.4, -0.2) is 49.9 Å². The number of unbranched alkanes of at least 4 members (excludes halogenated alkanes) is 2. The predicted molar refractivity (Wildman–Crippen MR) is 74.3 cm³/mol. The molecule has 7 heteroatoms. The summed E-state index contributed by atoms with van der Waals surface area (Å²) in [5.74, 6) is -1.63. The van der Waals surface area contributed by atoms with E-state index in [-0.39, 0.29) is 13.6 Å². The van der Waals surface area contributed by atoms with Crippen LogP contribution in [0.5, 0.6) is 0 Å². The molecule has 0 heterocycles. The van der Waals surface area contributed by atoms with Crippen molar-refractivity contribution in [2.24, 2.45) is 0 Å². The monoisotopic (exact) mass is 306 g/mol. The highest BCUT2D eigenvalue weighted by Gasteiger charge is 2.21. The van der Waals surface area contributed by atoms with E-state index in [1.807, 2.05) is 13.8 Å². The Morgan fingerprint density at radius 3 is 2.00 bits per heavy atom. The van der Waals surface area contributed by atoms with E-state index in [1.54, 1.807) is 0 Å². The van der Waals surface area contributed by atoms with E-state index in [9.17, 15) is 14.7 Å². The average Bonchev–Trinajstić information content (AvgIpc) is 2.46. The number of carbonyl (C=O) groups is 2. The summed E-state index contributed by atoms with van der Waals surface area (Å²) in [6, 6.07) is 0. The van der Waals surface area contributed by atoms with E-state index in [1.165, 1.54) is 0 Å². The Morgan fingerprint density at radius 2 is 1.48 bits per heavy atom. The van der Waals surface area contributed by atoms with Gasteiger partial charge in [-0.2, -0.15) is 0 Å². The van der Waals surface area contributed by atoms with Gasteiger partial charge in [0.1, 0.15) is 0 Å². The summed E-state index contributed by atoms with van der Waals surface area (Å²) in [6.45, 7) is 4.60. The van der Waals surface area contributed by atoms with Gasteiger partial charge in [-0.15, -0.1) is 0 Å². The number of esters is 2. The first kappa shape index (κ1) is 19.8. The van der Waals surface area contributed by atoms with Crippen molar-refractivity contribution in [2.75, 3.05) is 26.8 Å². The maximum absolute atomic E-state index is 11.3. The molecular weight excluding hydrogens is 280 g/mol. The summed E-state index contributed by atoms with van der Waals surface area (Å²) in [5.41, 5.74) is 0. The number of hydrogen-bond donors (Lipinski definition) is 1. The summed E-state index contributed by atoms with van der Waals surface area (Å²) in [4.78, 5) is 22.6. The van der Waals surface area contributed by atoms with Gasteiger partial charge < -0.3 is 24.1 Å². The van der Waals surface area contributed by atoms with Gasteiger partial charge in [-0.3, -0.25) is 4.79 Å². The van der Waals surface area contributed by atoms with Crippen molar-refractivity contribution in [3.63, 3.8) is 0 Å². The van der Waals surface area contributed by atoms with Gasteiger partial charge in [-0.25, -0.2) is 4.79 Å². The minimum atomic E-state index is -1.55. The summed E-state index contributed by atoms with van der Waals surface area (Å²) in [6.07, 6.45) is 1.68. The largest absolute Gasteiger partial charge is 0.438 e. The molecule has 0 amide bonds. The molecule has 0 aromatic carbocycles. The topological polar surface area (TPSA) is 91.3 Å². The van der Waals surface area contributed by atoms with E-state index >= 15 is 0 Å². The van der Waals surface area contributed by atoms with Crippen LogP contribution in [0.4, 0.5) is 0 Å². The van der Waals surface area contributed by atoms with E-state index < -0.39 is 24.5 Å². The van der Waals surface area contributed by atoms with Crippen LogP contribution in [0.25, 0.3) is 0 Å². The lowest BCUT2D eigenvalue weighted by atomic mass is 10.2. The van der Waals surface area contributed by atoms with Crippen molar-refractivity contribution >= 4 is 11.9 Å². The average molecular weight is 306 g/mol. The second-order valence-corrected chi connectivity index (χ2v) is 4.46. The molecule has 0 aliphatic heterocycles. The standard InChI is InChI=1S/C14H26O7/c1-3-5-7-18-10-20-13(16)9-12(15)14(17)21-11-19-8-6-4-2/h12,15H,3-11H2,1-2H3. The Bertz CT molecular complexity index is 280. The molecule has 0 rings (SSSR count). The second-order valence-electron chi connectivity index (χ2n) is 4.46. The molecule has 1 atom stereocenters. The molecule has 0 saturated heterocycles. The molecule has 0 bridgehead atoms. The molecule has 124 valence electrons. The highest BCUT2D eigenvalue weighted by Crippen LogP contribution is 1.99. The number of hydrogen-bond acceptors (Lipinski definition) is 7. The van der Waals surface area contributed by atoms with Crippen molar-refractivity contribution in [1.29, 1.82) is 0 Å². The van der Waals surface area contributed by atoms with Gasteiger partial charge in [0.05, 0.1) is 19.6 Å². The molecule has 21 heavy (non-hydrogen) atoms. The molecule has 0 fully saturated rings. The maximum Gasteiger partial charge on any atom is 0.337 e. The molecule has 0 radical (unpaired) electrons. The molecule has 7 nitrogen and oxygen atoms in total. The SMILES string of the molecule is CCCCOCOC(=O)CC(O)C(=O)OCOCCCC. The van der Waals surface area contributed by atoms with Crippen molar-refractivity contribution in [3.05, 3.63) is 0 Å². The van der Waals surface area contributed by atoms with Crippen LogP contribution in [0.1, 0.15) is 46.0 Å². The molecule has 0 saturated carbocycles. The van der Waals surface area contributed by atoms with Crippen LogP contribution in [0.15, 0.2) is 0 Å². The first-order chi connectivity index (χ1) is 10.1. The molecule has 0 aromatic heterocycles. The Balaban J connectivity index is 3.62. The summed E-state index contributed by atoms with van der Waals surface area (Å²) in [7, 11) is 0. The van der Waals surface area contributed by atoms with Crippen LogP contribution in [0.2, 0.25) is 0 Å². The van der Waals surface area contributed by atoms with Gasteiger partial charge in [0.15, 0.2) is 19.7 Å². The van der Waals surface area contributed by atoms with E-state index in [4.69, 9.17) is 14.2 Å². The van der Waals surface area contributed by atoms with E-state index in [0.717, 1.165) is 25.7 Å². The van der Waals surface area contributed by atoms with Crippen molar-refractivity contribution < 1.29 is 33.6 Å². The first-order valence-electron chi connectivity index (χ1n) is 7.27. The summed E-state index contributed by atoms with van der Waals surface area (Å²) >= 11 is 0. The van der Waals surface area contributed by atoms with Gasteiger partial charge >= 0.3 is 11.9 Å². The Kier molecular flexibility index (Phi) is 13.0. The first-order valence-corrected chi connectivity index (χ1v) is 7.27. The predicted octanol–water partition coefficient (Wildman–Crippen LogP) is 1.37. The number of carbonyl (C=O) groups excluding carboxylic acids is 2. The molecule has 0 spiro atoms. The van der Waals surface area contributed by atoms with Crippen LogP contribution >= 0.6 is 0 Å². The Labute approximate surface area is 125 Å². The van der Waals surface area contributed by atoms with Crippen LogP contribution in [-0.2, 0) is 28.5 Å². The lowest BCUT2D eigenvalue weighted by Crippen LogP contribution is -2.28. The van der Waals surface area contributed by atoms with Crippen LogP contribution < -0.4 is 0 Å². The molecule has 0 aliphatic rings. The molecular formula is C14H26O7. The highest BCUT2D eigenvalue weighted by atomic mass is 16.7. The maximum atomic E-state index is 11.3. The van der Waals surface area contributed by atoms with Gasteiger partial charge in [-0.1, -0.05) is 26.7 Å². The normalized spacial score (nSPS) is 12.0. The van der Waals surface area contributed by atoms with Crippen LogP contribution in [0, 0.1) is 0 Å². The smallest absolute Gasteiger partial charge is 0.337 e. The Hall–Kier alpha value is -1.18. The van der Waals surface area contributed by atoms with Crippen LogP contribution in [0.3, 0.4) is 0 Å². The number of ether oxygens (including phenoxy) is 4. The summed E-state index contributed by atoms with van der Waals surface area (Å²) in [5, 5.41) is 9.46. The minimum absolute atomic E-state index is 0.180. The zero-order valence-electron chi connectivity index (χ0n) is 12.8.